The van der Waals surface area contributed by atoms with Gasteiger partial charge in [-0.05, 0) is 74.4 Å². The lowest BCUT2D eigenvalue weighted by Gasteiger charge is -2.39. The molecule has 0 N–H and O–H groups in total. The summed E-state index contributed by atoms with van der Waals surface area (Å²) in [7, 11) is 5.09. The second-order valence-electron chi connectivity index (χ2n) is 9.38. The number of hydrogen-bond donors (Lipinski definition) is 0. The van der Waals surface area contributed by atoms with E-state index >= 15 is 0 Å². The summed E-state index contributed by atoms with van der Waals surface area (Å²) in [5.74, 6) is -0.287. The van der Waals surface area contributed by atoms with Gasteiger partial charge in [0, 0.05) is 45.9 Å². The largest absolute Gasteiger partial charge is 0.489 e. The third kappa shape index (κ3) is 7.76. The zero-order valence-electron chi connectivity index (χ0n) is 22.3. The molecule has 0 aromatic heterocycles. The van der Waals surface area contributed by atoms with Gasteiger partial charge >= 0.3 is 5.97 Å². The number of nitrogens with zero attached hydrogens (tertiary/aromatic N) is 1. The molecule has 1 aliphatic carbocycles. The average Bonchev–Trinajstić information content (AvgIpc) is 2.91. The third-order valence-electron chi connectivity index (χ3n) is 7.04. The highest BCUT2D eigenvalue weighted by atomic mass is 19.1. The highest BCUT2D eigenvalue weighted by Gasteiger charge is 2.37. The van der Waals surface area contributed by atoms with Crippen molar-refractivity contribution in [2.75, 3.05) is 32.8 Å². The van der Waals surface area contributed by atoms with Crippen LogP contribution in [0.1, 0.15) is 63.0 Å². The van der Waals surface area contributed by atoms with Gasteiger partial charge in [-0.15, -0.1) is 0 Å². The number of halogens is 1. The Bertz CT molecular complexity index is 1030. The molecule has 2 aromatic rings. The molecule has 1 saturated carbocycles. The van der Waals surface area contributed by atoms with E-state index in [9.17, 15) is 14.0 Å². The molecule has 37 heavy (non-hydrogen) atoms. The molecule has 7 nitrogen and oxygen atoms in total. The van der Waals surface area contributed by atoms with E-state index in [1.54, 1.807) is 33.1 Å². The Morgan fingerprint density at radius 3 is 2.38 bits per heavy atom. The maximum atomic E-state index is 14.5. The number of rotatable bonds is 12. The first-order valence-corrected chi connectivity index (χ1v) is 12.8. The molecular formula is C29H38FNO6. The maximum Gasteiger partial charge on any atom is 0.305 e. The van der Waals surface area contributed by atoms with Gasteiger partial charge in [-0.2, -0.15) is 0 Å². The first-order chi connectivity index (χ1) is 17.8. The van der Waals surface area contributed by atoms with Crippen LogP contribution in [-0.4, -0.2) is 45.9 Å². The minimum atomic E-state index is -0.551. The van der Waals surface area contributed by atoms with Crippen LogP contribution in [0.2, 0.25) is 0 Å². The summed E-state index contributed by atoms with van der Waals surface area (Å²) in [6.45, 7) is 2.35. The first-order valence-electron chi connectivity index (χ1n) is 12.8. The topological polar surface area (TPSA) is 74.3 Å². The number of carbonyl (C=O) groups excluding carboxylic acids is 2. The molecule has 0 bridgehead atoms. The van der Waals surface area contributed by atoms with Crippen LogP contribution in [-0.2, 0) is 36.0 Å². The van der Waals surface area contributed by atoms with Gasteiger partial charge in [0.05, 0.1) is 18.3 Å². The van der Waals surface area contributed by atoms with Crippen LogP contribution in [0.3, 0.4) is 0 Å². The van der Waals surface area contributed by atoms with Gasteiger partial charge in [-0.1, -0.05) is 12.1 Å². The molecule has 0 radical (unpaired) electrons. The lowest BCUT2D eigenvalue weighted by molar-refractivity contribution is -0.143. The van der Waals surface area contributed by atoms with Crippen molar-refractivity contribution in [3.8, 4) is 5.75 Å². The molecular weight excluding hydrogens is 477 g/mol. The van der Waals surface area contributed by atoms with E-state index in [1.165, 1.54) is 12.1 Å². The van der Waals surface area contributed by atoms with Gasteiger partial charge in [-0.25, -0.2) is 4.39 Å². The van der Waals surface area contributed by atoms with Gasteiger partial charge in [0.2, 0.25) is 5.91 Å². The molecule has 202 valence electrons. The predicted molar refractivity (Wildman–Crippen MR) is 139 cm³/mol. The molecule has 0 spiro atoms. The van der Waals surface area contributed by atoms with E-state index in [2.05, 4.69) is 0 Å². The lowest BCUT2D eigenvalue weighted by atomic mass is 9.78. The van der Waals surface area contributed by atoms with Gasteiger partial charge < -0.3 is 23.8 Å². The Morgan fingerprint density at radius 1 is 1.05 bits per heavy atom. The zero-order chi connectivity index (χ0) is 26.8. The van der Waals surface area contributed by atoms with Crippen molar-refractivity contribution in [3.63, 3.8) is 0 Å². The highest BCUT2D eigenvalue weighted by molar-refractivity contribution is 5.92. The summed E-state index contributed by atoms with van der Waals surface area (Å²) in [6, 6.07) is 12.2. The average molecular weight is 516 g/mol. The molecule has 1 aliphatic rings. The van der Waals surface area contributed by atoms with Gasteiger partial charge in [0.1, 0.15) is 18.2 Å². The lowest BCUT2D eigenvalue weighted by Crippen LogP contribution is -2.36. The van der Waals surface area contributed by atoms with Crippen LogP contribution in [0, 0.1) is 5.82 Å². The number of ether oxygens (including phenoxy) is 4. The minimum Gasteiger partial charge on any atom is -0.489 e. The van der Waals surface area contributed by atoms with Crippen molar-refractivity contribution in [2.24, 2.45) is 0 Å². The molecule has 1 fully saturated rings. The molecule has 2 aromatic carbocycles. The van der Waals surface area contributed by atoms with Crippen LogP contribution in [0.25, 0.3) is 0 Å². The van der Waals surface area contributed by atoms with E-state index in [0.29, 0.717) is 18.8 Å². The molecule has 0 saturated heterocycles. The van der Waals surface area contributed by atoms with Crippen LogP contribution < -0.4 is 9.64 Å². The van der Waals surface area contributed by atoms with Crippen molar-refractivity contribution >= 4 is 17.6 Å². The molecule has 0 aliphatic heterocycles. The molecule has 0 unspecified atom stereocenters. The van der Waals surface area contributed by atoms with Crippen molar-refractivity contribution in [2.45, 2.75) is 70.2 Å². The summed E-state index contributed by atoms with van der Waals surface area (Å²) in [6.07, 6.45) is 4.35. The second-order valence-corrected chi connectivity index (χ2v) is 9.38. The third-order valence-corrected chi connectivity index (χ3v) is 7.04. The smallest absolute Gasteiger partial charge is 0.305 e. The van der Waals surface area contributed by atoms with E-state index < -0.39 is 5.60 Å². The van der Waals surface area contributed by atoms with E-state index in [1.807, 2.05) is 30.3 Å². The summed E-state index contributed by atoms with van der Waals surface area (Å²) in [5, 5.41) is 0. The van der Waals surface area contributed by atoms with Crippen LogP contribution in [0.15, 0.2) is 42.5 Å². The van der Waals surface area contributed by atoms with Gasteiger partial charge in [-0.3, -0.25) is 9.59 Å². The normalized spacial score (nSPS) is 19.3. The fourth-order valence-electron chi connectivity index (χ4n) is 4.72. The molecule has 8 heteroatoms. The van der Waals surface area contributed by atoms with E-state index in [0.717, 1.165) is 42.5 Å². The standard InChI is InChI=1S/C29H38FNO6/c1-5-36-28(33)8-6-7-27(32)31(2)24-11-9-21(10-12-24)20-37-26-18-22(17-23(30)19-26)29(35-4)15-13-25(34-3)14-16-29/h9-12,17-19,25H,5-8,13-16,20H2,1-4H3. The monoisotopic (exact) mass is 515 g/mol. The Balaban J connectivity index is 1.58. The Kier molecular flexibility index (Phi) is 10.5. The number of carbonyl (C=O) groups is 2. The molecule has 3 rings (SSSR count). The van der Waals surface area contributed by atoms with E-state index in [4.69, 9.17) is 18.9 Å². The zero-order valence-corrected chi connectivity index (χ0v) is 22.3. The summed E-state index contributed by atoms with van der Waals surface area (Å²) in [4.78, 5) is 25.5. The van der Waals surface area contributed by atoms with Crippen LogP contribution >= 0.6 is 0 Å². The SMILES string of the molecule is CCOC(=O)CCCC(=O)N(C)c1ccc(COc2cc(F)cc(C3(OC)CCC(OC)CC3)c2)cc1. The van der Waals surface area contributed by atoms with E-state index in [-0.39, 0.29) is 43.2 Å². The maximum absolute atomic E-state index is 14.5. The Hall–Kier alpha value is -2.97. The summed E-state index contributed by atoms with van der Waals surface area (Å²) >= 11 is 0. The summed E-state index contributed by atoms with van der Waals surface area (Å²) < 4.78 is 36.7. The van der Waals surface area contributed by atoms with Crippen molar-refractivity contribution in [3.05, 3.63) is 59.4 Å². The Labute approximate surface area is 218 Å². The predicted octanol–water partition coefficient (Wildman–Crippen LogP) is 5.53. The van der Waals surface area contributed by atoms with Crippen molar-refractivity contribution < 1.29 is 32.9 Å². The Morgan fingerprint density at radius 2 is 1.76 bits per heavy atom. The van der Waals surface area contributed by atoms with Gasteiger partial charge in [0.25, 0.3) is 0 Å². The van der Waals surface area contributed by atoms with Crippen LogP contribution in [0.5, 0.6) is 5.75 Å². The fraction of sp³-hybridized carbons (Fsp3) is 0.517. The number of hydrogen-bond acceptors (Lipinski definition) is 6. The fourth-order valence-corrected chi connectivity index (χ4v) is 4.72. The molecule has 0 atom stereocenters. The summed E-state index contributed by atoms with van der Waals surface area (Å²) in [5.41, 5.74) is 1.86. The first kappa shape index (κ1) is 28.6. The number of methoxy groups -OCH3 is 2. The molecule has 1 amide bonds. The van der Waals surface area contributed by atoms with Gasteiger partial charge in [0.15, 0.2) is 0 Å². The number of benzene rings is 2. The van der Waals surface area contributed by atoms with Crippen LogP contribution in [0.4, 0.5) is 10.1 Å². The number of amides is 1. The quantitative estimate of drug-likeness (QED) is 0.346. The van der Waals surface area contributed by atoms with Crippen molar-refractivity contribution in [1.29, 1.82) is 0 Å². The highest BCUT2D eigenvalue weighted by Crippen LogP contribution is 2.42. The second kappa shape index (κ2) is 13.5. The van der Waals surface area contributed by atoms with Crippen molar-refractivity contribution in [1.82, 2.24) is 0 Å². The number of anilines is 1. The number of esters is 1. The molecule has 0 heterocycles. The minimum absolute atomic E-state index is 0.0767.